The van der Waals surface area contributed by atoms with Crippen molar-refractivity contribution in [2.75, 3.05) is 81.7 Å². The normalized spacial score (nSPS) is 13.2. The molecule has 6 aromatic carbocycles. The predicted molar refractivity (Wildman–Crippen MR) is 465 cm³/mol. The zero-order valence-electron chi connectivity index (χ0n) is 71.1. The van der Waals surface area contributed by atoms with E-state index in [-0.39, 0.29) is 49.1 Å². The topological polar surface area (TPSA) is 647 Å². The molecule has 0 aliphatic carbocycles. The van der Waals surface area contributed by atoms with E-state index in [4.69, 9.17) is 85.5 Å². The van der Waals surface area contributed by atoms with Gasteiger partial charge in [-0.1, -0.05) is 127 Å². The number of ether oxygens (including phenoxy) is 10. The molecule has 0 amide bonds. The Bertz CT molecular complexity index is 4790. The van der Waals surface area contributed by atoms with Gasteiger partial charge in [0.25, 0.3) is 0 Å². The highest BCUT2D eigenvalue weighted by molar-refractivity contribution is 5.96. The fourth-order valence-electron chi connectivity index (χ4n) is 7.05. The van der Waals surface area contributed by atoms with Crippen LogP contribution in [0.4, 0.5) is 0 Å². The summed E-state index contributed by atoms with van der Waals surface area (Å²) in [6, 6.07) is 45.5. The molecule has 2 heterocycles. The average molecular weight is 1830 g/mol. The highest BCUT2D eigenvalue weighted by Crippen LogP contribution is 2.27. The number of aromatic hydroxyl groups is 2. The number of rotatable bonds is 32. The smallest absolute Gasteiger partial charge is 0.341 e. The summed E-state index contributed by atoms with van der Waals surface area (Å²) < 4.78 is 46.0. The number of methoxy groups -OCH3 is 3. The van der Waals surface area contributed by atoms with Crippen LogP contribution in [-0.2, 0) is 129 Å². The van der Waals surface area contributed by atoms with E-state index in [2.05, 4.69) is 39.9 Å². The number of aliphatic hydroxyl groups is 1. The fraction of sp³-hybridized carbons (Fsp3) is 0.178. The maximum absolute atomic E-state index is 11.2. The first-order valence-electron chi connectivity index (χ1n) is 36.7. The second-order valence-corrected chi connectivity index (χ2v) is 24.6. The Kier molecular flexibility index (Phi) is 64.1. The number of carbonyl (C=O) groups excluding carboxylic acids is 7. The Morgan fingerprint density at radius 2 is 0.725 bits per heavy atom. The van der Waals surface area contributed by atoms with Gasteiger partial charge in [0.2, 0.25) is 0 Å². The molecule has 131 heavy (non-hydrogen) atoms. The molecule has 702 valence electrons. The molecule has 41 nitrogen and oxygen atoms in total. The molecule has 2 atom stereocenters. The lowest BCUT2D eigenvalue weighted by Crippen LogP contribution is -2.18. The van der Waals surface area contributed by atoms with Crippen molar-refractivity contribution in [3.8, 4) is 11.5 Å². The number of hydrogen-bond donors (Lipinski definition) is 13. The second kappa shape index (κ2) is 71.1. The molecule has 2 saturated heterocycles. The lowest BCUT2D eigenvalue weighted by atomic mass is 10.0. The van der Waals surface area contributed by atoms with Gasteiger partial charge >= 0.3 is 101 Å². The number of aliphatic hydroxyl groups excluding tert-OH is 1. The van der Waals surface area contributed by atoms with Crippen LogP contribution in [-0.4, -0.2) is 260 Å². The zero-order valence-corrected chi connectivity index (χ0v) is 71.1. The number of carboxylic acid groups (broad SMARTS) is 9. The molecule has 2 fully saturated rings. The van der Waals surface area contributed by atoms with Gasteiger partial charge in [0.15, 0.2) is 6.61 Å². The van der Waals surface area contributed by atoms with E-state index < -0.39 is 108 Å². The molecule has 0 aromatic heterocycles. The number of fused-ring (bicyclic) bond motifs is 1. The van der Waals surface area contributed by atoms with E-state index in [1.54, 1.807) is 97.9 Å². The van der Waals surface area contributed by atoms with Crippen LogP contribution in [0.15, 0.2) is 268 Å². The van der Waals surface area contributed by atoms with E-state index in [9.17, 15) is 76.7 Å². The van der Waals surface area contributed by atoms with Gasteiger partial charge < -0.3 is 118 Å². The number of phenolic OH excluding ortho intramolecular Hbond substituents is 2. The van der Waals surface area contributed by atoms with Gasteiger partial charge in [-0.2, -0.15) is 5.26 Å². The van der Waals surface area contributed by atoms with Crippen molar-refractivity contribution < 1.29 is 196 Å². The molecular formula is C90H97NO40. The van der Waals surface area contributed by atoms with Crippen LogP contribution in [0.1, 0.15) is 41.7 Å². The summed E-state index contributed by atoms with van der Waals surface area (Å²) in [6.07, 6.45) is 24.5. The number of carbonyl (C=O) groups is 16. The van der Waals surface area contributed by atoms with Crippen LogP contribution in [0.5, 0.6) is 11.5 Å². The standard InChI is InChI=1S/C13H10O2.C12H16O6.C11H12O3.2C10H10O3.C9H8O2.C8H8O8.C5H9NO2.2C4H4O4.C4H6O3/c14-13(15)9-8-11-6-3-5-10-4-1-2-7-12(10)11;1-11(7-17-11)5-15-9(13)3-4-10(14)16-6-12(2)8-18-12;12-8-9-14-11(13)7-6-10-4-2-1-3-5-10;2*1-13-10(12)7-4-8-2-5-9(11)6-3-8;10-9(11)7-6-8-4-2-1-3-5-8;1-5(16-13)15-8(12)3-2-7(11)14-4-6(9)10;1-6(2)4-3-5(7)8;2*5-3(6)1-2-4(7)8;1-7-3-2-4(5)6/h1-9H,(H,14,15);3-4H,5-8H2,1-2H3;1-7,12H,8-9H2;2*2-7,11H,1H3;1-7H,(H,10,11);2-3,13H,1,4H2,(H,9,10);3-4H,1-2H3,(H,7,8);2*1-2H,(H,5,6)(H,7,8);2-3H,1H3,(H,5,6)/b9-8+;4-3+;7-6+;2*7-4+;7-6+;3-2-;4-3+;2-1+;2-1-;3-2+. The molecule has 0 radical (unpaired) electrons. The van der Waals surface area contributed by atoms with Gasteiger partial charge in [0, 0.05) is 105 Å². The van der Waals surface area contributed by atoms with E-state index in [1.165, 1.54) is 45.8 Å². The highest BCUT2D eigenvalue weighted by Gasteiger charge is 2.41. The summed E-state index contributed by atoms with van der Waals surface area (Å²) in [5, 5.41) is 109. The molecular weight excluding hydrogens is 1730 g/mol. The van der Waals surface area contributed by atoms with E-state index in [0.717, 1.165) is 81.3 Å². The minimum absolute atomic E-state index is 0.0396. The largest absolute Gasteiger partial charge is 0.508 e. The molecule has 41 heteroatoms. The molecule has 2 aliphatic rings. The molecule has 0 saturated carbocycles. The summed E-state index contributed by atoms with van der Waals surface area (Å²) in [5.41, 5.74) is 3.74. The molecule has 8 rings (SSSR count). The first-order valence-corrected chi connectivity index (χ1v) is 36.7. The molecule has 2 unspecified atom stereocenters. The number of benzene rings is 6. The van der Waals surface area contributed by atoms with Crippen molar-refractivity contribution in [1.82, 2.24) is 4.90 Å². The minimum atomic E-state index is -1.33. The van der Waals surface area contributed by atoms with Crippen molar-refractivity contribution in [3.63, 3.8) is 0 Å². The molecule has 0 bridgehead atoms. The Morgan fingerprint density at radius 3 is 1.06 bits per heavy atom. The number of epoxide rings is 2. The van der Waals surface area contributed by atoms with Gasteiger partial charge in [-0.25, -0.2) is 76.7 Å². The Morgan fingerprint density at radius 1 is 0.389 bits per heavy atom. The van der Waals surface area contributed by atoms with Crippen LogP contribution in [0.2, 0.25) is 0 Å². The third kappa shape index (κ3) is 76.2. The Labute approximate surface area is 747 Å². The number of phenols is 2. The summed E-state index contributed by atoms with van der Waals surface area (Å²) in [4.78, 5) is 169. The van der Waals surface area contributed by atoms with Crippen molar-refractivity contribution in [3.05, 3.63) is 296 Å². The summed E-state index contributed by atoms with van der Waals surface area (Å²) in [5.74, 6) is -14.9. The van der Waals surface area contributed by atoms with Gasteiger partial charge in [0.1, 0.15) is 42.5 Å². The minimum Gasteiger partial charge on any atom is -0.508 e. The molecule has 0 spiro atoms. The summed E-state index contributed by atoms with van der Waals surface area (Å²) in [7, 11) is 7.56. The van der Waals surface area contributed by atoms with Crippen LogP contribution in [0.3, 0.4) is 0 Å². The third-order valence-corrected chi connectivity index (χ3v) is 13.3. The molecule has 6 aromatic rings. The van der Waals surface area contributed by atoms with Crippen molar-refractivity contribution in [2.45, 2.75) is 25.0 Å². The van der Waals surface area contributed by atoms with Gasteiger partial charge in [0.05, 0.1) is 53.5 Å². The maximum Gasteiger partial charge on any atom is 0.341 e. The van der Waals surface area contributed by atoms with Crippen molar-refractivity contribution in [2.24, 2.45) is 0 Å². The quantitative estimate of drug-likeness (QED) is 0.00357. The van der Waals surface area contributed by atoms with Crippen molar-refractivity contribution >= 4 is 137 Å². The van der Waals surface area contributed by atoms with Gasteiger partial charge in [-0.05, 0) is 114 Å². The maximum atomic E-state index is 11.2. The third-order valence-electron chi connectivity index (χ3n) is 13.3. The van der Waals surface area contributed by atoms with Gasteiger partial charge in [-0.15, -0.1) is 0 Å². The lowest BCUT2D eigenvalue weighted by molar-refractivity contribution is -0.240. The van der Waals surface area contributed by atoms with Crippen LogP contribution >= 0.6 is 0 Å². The van der Waals surface area contributed by atoms with Crippen LogP contribution < -0.4 is 0 Å². The Hall–Kier alpha value is -17.2. The van der Waals surface area contributed by atoms with Gasteiger partial charge in [-0.3, -0.25) is 0 Å². The molecule has 13 N–H and O–H groups in total. The Balaban J connectivity index is -0.00000139. The zero-order chi connectivity index (χ0) is 99.6. The number of carboxylic acids is 9. The molecule has 2 aliphatic heterocycles. The van der Waals surface area contributed by atoms with E-state index in [1.807, 2.05) is 117 Å². The number of nitrogens with zero attached hydrogens (tertiary/aromatic N) is 1. The van der Waals surface area contributed by atoms with Crippen LogP contribution in [0, 0.1) is 0 Å². The van der Waals surface area contributed by atoms with Crippen molar-refractivity contribution in [1.29, 1.82) is 0 Å². The average Bonchev–Trinajstić information content (AvgIpc) is 1.73. The van der Waals surface area contributed by atoms with E-state index >= 15 is 0 Å². The van der Waals surface area contributed by atoms with E-state index in [0.29, 0.717) is 49.7 Å². The summed E-state index contributed by atoms with van der Waals surface area (Å²) >= 11 is 0. The number of aliphatic carboxylic acids is 9. The lowest BCUT2D eigenvalue weighted by Gasteiger charge is -2.05. The van der Waals surface area contributed by atoms with Crippen LogP contribution in [0.25, 0.3) is 41.2 Å². The number of esters is 7. The first kappa shape index (κ1) is 118. The SMILES string of the molecule is C=C(OO)OC(=O)/C=C\C(=O)OCC(=O)O.CC1(COC(=O)/C=C/C(=O)OCC2(C)CO2)CO1.CN(C)/C=C/C(=O)O.CO/C=C/C(=O)O.COC(=O)/C=C/c1ccc(O)cc1.COC(=O)/C=C/c1ccc(O)cc1.O=C(/C=C/c1ccccc1)OCCO.O=C(O)/C=C/C(=O)O.O=C(O)/C=C/c1cccc2ccccc12.O=C(O)/C=C/c1ccccc1.O=C(O)/C=C\C(=O)O. The first-order chi connectivity index (χ1) is 61.8. The predicted octanol–water partition coefficient (Wildman–Crippen LogP) is 8.80. The summed E-state index contributed by atoms with van der Waals surface area (Å²) in [6.45, 7) is 7.28. The monoisotopic (exact) mass is 1830 g/mol. The second-order valence-electron chi connectivity index (χ2n) is 24.6. The number of hydrogen-bond acceptors (Lipinski definition) is 32. The fourth-order valence-corrected chi connectivity index (χ4v) is 7.05. The highest BCUT2D eigenvalue weighted by atomic mass is 17.1.